The molecular formula is C79H124N18O11. The van der Waals surface area contributed by atoms with Crippen LogP contribution in [0.5, 0.6) is 0 Å². The maximum atomic E-state index is 14.7. The number of guanidine groups is 1. The number of rotatable bonds is 58. The van der Waals surface area contributed by atoms with Crippen LogP contribution in [0.4, 0.5) is 0 Å². The van der Waals surface area contributed by atoms with Gasteiger partial charge in [0.05, 0.1) is 12.9 Å². The van der Waals surface area contributed by atoms with Gasteiger partial charge in [0.1, 0.15) is 30.2 Å². The first-order chi connectivity index (χ1) is 52.3. The summed E-state index contributed by atoms with van der Waals surface area (Å²) in [4.78, 5) is 152. The number of unbranched alkanes of at least 4 members (excludes halogenated alkanes) is 18. The van der Waals surface area contributed by atoms with Gasteiger partial charge in [-0.05, 0) is 114 Å². The van der Waals surface area contributed by atoms with Gasteiger partial charge in [-0.15, -0.1) is 0 Å². The van der Waals surface area contributed by atoms with Crippen LogP contribution in [0.2, 0.25) is 0 Å². The Morgan fingerprint density at radius 1 is 0.528 bits per heavy atom. The van der Waals surface area contributed by atoms with Gasteiger partial charge >= 0.3 is 0 Å². The molecule has 18 N–H and O–H groups in total. The zero-order valence-electron chi connectivity index (χ0n) is 64.0. The first-order valence-corrected chi connectivity index (χ1v) is 39.3. The van der Waals surface area contributed by atoms with Crippen LogP contribution in [0.3, 0.4) is 0 Å². The van der Waals surface area contributed by atoms with Gasteiger partial charge in [0.15, 0.2) is 5.96 Å². The summed E-state index contributed by atoms with van der Waals surface area (Å²) in [7, 11) is 0. The highest BCUT2D eigenvalue weighted by Crippen LogP contribution is 2.21. The molecule has 596 valence electrons. The molecule has 0 saturated carbocycles. The van der Waals surface area contributed by atoms with Crippen molar-refractivity contribution in [1.82, 2.24) is 73.2 Å². The standard InChI is InChI=1S/C79H124N18O11/c1-4-6-8-10-12-14-16-18-20-22-24-26-31-43-67(98)84-46-36-48-86-75(106)77-96-97(78(108-77)76(107)87-49-37-47-85-68(99)44-32-27-25-23-21-19-17-15-13-11-9-7-5-2)55-69(100)91-57(3)71(102)94-66(52-60-54-83-56-90-60)74(105)95-65(50-58-38-29-28-30-39-58)73(104)92-63(42-35-45-88-79(81)82)72(103)93-64(70(80)101)51-59-53-89-62-41-34-33-40-61(59)62/h14-17,28-30,33-34,38-41,53-54,56-57,63-66,77-78,89,96H,4-13,18-27,31-32,35-37,42-52,55H2,1-3H3,(H2,80,101)(H,83,90)(H,84,98)(H,85,99)(H,86,106)(H,87,107)(H,91,100)(H,92,104)(H,93,103)(H,94,102)(H,95,105)(H4,81,82,88)/b16-14-,17-15-/t57-,63-,64-,65+,66-,77?,78?/m0/s1. The number of ether oxygens (including phenoxy) is 1. The van der Waals surface area contributed by atoms with Crippen molar-refractivity contribution in [2.24, 2.45) is 22.2 Å². The topological polar surface area (TPSA) is 438 Å². The van der Waals surface area contributed by atoms with Gasteiger partial charge in [-0.1, -0.05) is 164 Å². The second-order valence-corrected chi connectivity index (χ2v) is 27.8. The van der Waals surface area contributed by atoms with Crippen molar-refractivity contribution in [1.29, 1.82) is 0 Å². The molecule has 7 atom stereocenters. The lowest BCUT2D eigenvalue weighted by molar-refractivity contribution is -0.144. The van der Waals surface area contributed by atoms with Gasteiger partial charge in [-0.25, -0.2) is 10.4 Å². The number of nitrogens with two attached hydrogens (primary N) is 3. The number of carbonyl (C=O) groups is 10. The average molecular weight is 1500 g/mol. The number of hydrogen-bond acceptors (Lipinski definition) is 15. The number of benzene rings is 2. The van der Waals surface area contributed by atoms with Crippen LogP contribution in [0.15, 0.2) is 103 Å². The van der Waals surface area contributed by atoms with Gasteiger partial charge in [0, 0.05) is 93.8 Å². The largest absolute Gasteiger partial charge is 0.370 e. The number of para-hydroxylation sites is 1. The van der Waals surface area contributed by atoms with E-state index < -0.39 is 96.5 Å². The van der Waals surface area contributed by atoms with Gasteiger partial charge in [0.2, 0.25) is 59.7 Å². The number of carbonyl (C=O) groups excluding carboxylic acids is 10. The molecule has 29 heteroatoms. The fraction of sp³-hybridized carbons (Fsp3) is 0.595. The highest BCUT2D eigenvalue weighted by molar-refractivity contribution is 5.97. The maximum absolute atomic E-state index is 14.7. The van der Waals surface area contributed by atoms with E-state index in [9.17, 15) is 47.9 Å². The molecule has 4 aromatic rings. The molecule has 3 heterocycles. The van der Waals surface area contributed by atoms with Gasteiger partial charge in [-0.2, -0.15) is 5.01 Å². The Morgan fingerprint density at radius 2 is 1.04 bits per heavy atom. The van der Waals surface area contributed by atoms with Crippen molar-refractivity contribution in [3.63, 3.8) is 0 Å². The van der Waals surface area contributed by atoms with Crippen molar-refractivity contribution in [2.45, 2.75) is 262 Å². The Bertz CT molecular complexity index is 3420. The van der Waals surface area contributed by atoms with E-state index in [1.165, 1.54) is 70.8 Å². The molecule has 0 radical (unpaired) electrons. The third kappa shape index (κ3) is 36.9. The van der Waals surface area contributed by atoms with Gasteiger partial charge in [0.25, 0.3) is 11.8 Å². The van der Waals surface area contributed by atoms with Gasteiger partial charge in [-0.3, -0.25) is 52.9 Å². The van der Waals surface area contributed by atoms with Crippen molar-refractivity contribution < 1.29 is 52.7 Å². The second kappa shape index (κ2) is 53.3. The van der Waals surface area contributed by atoms with E-state index in [0.717, 1.165) is 106 Å². The number of hydrazine groups is 1. The van der Waals surface area contributed by atoms with Crippen LogP contribution in [-0.4, -0.2) is 167 Å². The van der Waals surface area contributed by atoms with Crippen molar-refractivity contribution >= 4 is 75.9 Å². The van der Waals surface area contributed by atoms with E-state index in [-0.39, 0.29) is 76.1 Å². The molecule has 1 saturated heterocycles. The zero-order chi connectivity index (χ0) is 77.9. The van der Waals surface area contributed by atoms with E-state index >= 15 is 0 Å². The molecule has 1 aliphatic rings. The van der Waals surface area contributed by atoms with Crippen LogP contribution in [0.25, 0.3) is 10.9 Å². The Morgan fingerprint density at radius 3 is 1.61 bits per heavy atom. The van der Waals surface area contributed by atoms with E-state index in [2.05, 4.69) is 111 Å². The molecule has 5 rings (SSSR count). The third-order valence-electron chi connectivity index (χ3n) is 18.5. The molecule has 29 nitrogen and oxygen atoms in total. The molecular weight excluding hydrogens is 1380 g/mol. The summed E-state index contributed by atoms with van der Waals surface area (Å²) in [6, 6.07) is 9.52. The highest BCUT2D eigenvalue weighted by Gasteiger charge is 2.42. The van der Waals surface area contributed by atoms with Crippen LogP contribution < -0.4 is 70.5 Å². The Balaban J connectivity index is 1.19. The van der Waals surface area contributed by atoms with E-state index in [1.807, 2.05) is 24.3 Å². The third-order valence-corrected chi connectivity index (χ3v) is 18.5. The van der Waals surface area contributed by atoms with E-state index in [4.69, 9.17) is 21.9 Å². The van der Waals surface area contributed by atoms with Gasteiger partial charge < -0.3 is 79.8 Å². The Kier molecular flexibility index (Phi) is 44.0. The molecule has 2 unspecified atom stereocenters. The van der Waals surface area contributed by atoms with Crippen molar-refractivity contribution in [3.8, 4) is 0 Å². The monoisotopic (exact) mass is 1500 g/mol. The number of imidazole rings is 1. The lowest BCUT2D eigenvalue weighted by Crippen LogP contribution is -2.60. The predicted molar refractivity (Wildman–Crippen MR) is 419 cm³/mol. The summed E-state index contributed by atoms with van der Waals surface area (Å²) in [5.41, 5.74) is 22.4. The van der Waals surface area contributed by atoms with E-state index in [1.54, 1.807) is 36.5 Å². The molecule has 10 amide bonds. The lowest BCUT2D eigenvalue weighted by atomic mass is 10.0. The Labute approximate surface area is 637 Å². The molecule has 2 aromatic carbocycles. The molecule has 2 aromatic heterocycles. The van der Waals surface area contributed by atoms with Crippen LogP contribution in [0.1, 0.15) is 217 Å². The maximum Gasteiger partial charge on any atom is 0.265 e. The van der Waals surface area contributed by atoms with Crippen molar-refractivity contribution in [2.75, 3.05) is 39.3 Å². The summed E-state index contributed by atoms with van der Waals surface area (Å²) in [6.07, 6.45) is 36.9. The number of nitrogens with zero attached hydrogens (tertiary/aromatic N) is 3. The number of aliphatic imine (C=N–C) groups is 1. The number of aromatic nitrogens is 3. The Hall–Kier alpha value is -9.48. The molecule has 0 aliphatic carbocycles. The summed E-state index contributed by atoms with van der Waals surface area (Å²) >= 11 is 0. The second-order valence-electron chi connectivity index (χ2n) is 27.8. The molecule has 0 bridgehead atoms. The fourth-order valence-corrected chi connectivity index (χ4v) is 12.3. The summed E-state index contributed by atoms with van der Waals surface area (Å²) in [6.45, 7) is 6.13. The summed E-state index contributed by atoms with van der Waals surface area (Å²) in [5, 5.41) is 26.8. The number of fused-ring (bicyclic) bond motifs is 1. The molecule has 108 heavy (non-hydrogen) atoms. The number of aromatic amines is 2. The van der Waals surface area contributed by atoms with Crippen LogP contribution >= 0.6 is 0 Å². The van der Waals surface area contributed by atoms with E-state index in [0.29, 0.717) is 49.0 Å². The highest BCUT2D eigenvalue weighted by atomic mass is 16.6. The average Bonchev–Trinajstić information content (AvgIpc) is 1.66. The number of hydrogen-bond donors (Lipinski definition) is 15. The zero-order valence-corrected chi connectivity index (χ0v) is 64.0. The fourth-order valence-electron chi connectivity index (χ4n) is 12.3. The minimum absolute atomic E-state index is 0.0199. The minimum atomic E-state index is -1.53. The number of allylic oxidation sites excluding steroid dienone is 4. The summed E-state index contributed by atoms with van der Waals surface area (Å²) in [5.74, 6) is -6.53. The minimum Gasteiger partial charge on any atom is -0.370 e. The van der Waals surface area contributed by atoms with Crippen molar-refractivity contribution in [3.05, 3.63) is 114 Å². The normalized spacial score (nSPS) is 15.0. The molecule has 1 aliphatic heterocycles. The lowest BCUT2D eigenvalue weighted by Gasteiger charge is -2.27. The molecule has 0 spiro atoms. The van der Waals surface area contributed by atoms with Crippen LogP contribution in [-0.2, 0) is 71.9 Å². The quantitative estimate of drug-likeness (QED) is 0.0102. The predicted octanol–water partition coefficient (Wildman–Crippen LogP) is 6.15. The van der Waals surface area contributed by atoms with Crippen LogP contribution in [0, 0.1) is 0 Å². The number of H-pyrrole nitrogens is 2. The SMILES string of the molecule is CCCCCC/C=C\CCCCCCCC(=O)NCCCNC(=O)C1NN(CC(=O)N[C@@H](C)C(=O)N[C@@H](Cc2cnc[nH]2)C(=O)N[C@H](Cc2ccccc2)C(=O)N[C@@H](CCCN=C(N)N)C(=O)N[C@@H](Cc2c[nH]c3ccccc23)C(N)=O)C(C(=O)NCCCNC(=O)CCCCCCC/C=C\CCCCCC)O1. The number of nitrogens with one attached hydrogen (secondary N) is 12. The smallest absolute Gasteiger partial charge is 0.265 e. The summed E-state index contributed by atoms with van der Waals surface area (Å²) < 4.78 is 5.95. The number of primary amides is 1. The first kappa shape index (κ1) is 89.1. The molecule has 1 fully saturated rings. The first-order valence-electron chi connectivity index (χ1n) is 39.3. The number of amides is 10.